The maximum absolute atomic E-state index is 11.7. The van der Waals surface area contributed by atoms with Crippen molar-refractivity contribution in [1.82, 2.24) is 4.90 Å². The molecule has 114 valence electrons. The fraction of sp³-hybridized carbons (Fsp3) is 1.00. The van der Waals surface area contributed by atoms with Gasteiger partial charge in [0.2, 0.25) is 0 Å². The second-order valence-corrected chi connectivity index (χ2v) is 8.18. The molecule has 1 rings (SSSR count). The minimum atomic E-state index is -2.90. The van der Waals surface area contributed by atoms with Crippen molar-refractivity contribution in [2.45, 2.75) is 57.2 Å². The molecule has 0 amide bonds. The molecule has 0 aliphatic heterocycles. The predicted octanol–water partition coefficient (Wildman–Crippen LogP) is 1.65. The summed E-state index contributed by atoms with van der Waals surface area (Å²) in [7, 11) is -2.90. The minimum absolute atomic E-state index is 0.144. The second kappa shape index (κ2) is 7.60. The Hall–Kier alpha value is -0.130. The van der Waals surface area contributed by atoms with Crippen LogP contribution < -0.4 is 5.73 Å². The van der Waals surface area contributed by atoms with E-state index >= 15 is 0 Å². The topological polar surface area (TPSA) is 63.4 Å². The van der Waals surface area contributed by atoms with Crippen LogP contribution in [0.4, 0.5) is 0 Å². The Labute approximate surface area is 118 Å². The molecule has 0 bridgehead atoms. The summed E-state index contributed by atoms with van der Waals surface area (Å²) >= 11 is 0. The van der Waals surface area contributed by atoms with Gasteiger partial charge in [-0.1, -0.05) is 20.3 Å². The largest absolute Gasteiger partial charge is 0.327 e. The van der Waals surface area contributed by atoms with Crippen molar-refractivity contribution in [1.29, 1.82) is 0 Å². The van der Waals surface area contributed by atoms with Gasteiger partial charge in [0.05, 0.1) is 5.25 Å². The molecule has 0 aromatic carbocycles. The van der Waals surface area contributed by atoms with Crippen molar-refractivity contribution >= 4 is 9.84 Å². The molecule has 0 radical (unpaired) electrons. The van der Waals surface area contributed by atoms with Crippen molar-refractivity contribution in [2.24, 2.45) is 11.7 Å². The molecule has 3 unspecified atom stereocenters. The third-order valence-corrected chi connectivity index (χ3v) is 6.19. The van der Waals surface area contributed by atoms with E-state index in [-0.39, 0.29) is 11.3 Å². The number of nitrogens with zero attached hydrogens (tertiary/aromatic N) is 1. The summed E-state index contributed by atoms with van der Waals surface area (Å²) in [6.07, 6.45) is 6.01. The molecule has 0 aromatic rings. The van der Waals surface area contributed by atoms with E-state index in [1.165, 1.54) is 6.26 Å². The maximum Gasteiger partial charge on any atom is 0.150 e. The number of nitrogens with two attached hydrogens (primary N) is 1. The van der Waals surface area contributed by atoms with E-state index < -0.39 is 9.84 Å². The van der Waals surface area contributed by atoms with E-state index in [1.807, 2.05) is 0 Å². The highest BCUT2D eigenvalue weighted by atomic mass is 32.2. The molecule has 2 N–H and O–H groups in total. The highest BCUT2D eigenvalue weighted by Crippen LogP contribution is 2.30. The molecule has 1 aliphatic carbocycles. The summed E-state index contributed by atoms with van der Waals surface area (Å²) in [6, 6.07) is 0.144. The zero-order chi connectivity index (χ0) is 14.5. The van der Waals surface area contributed by atoms with Crippen LogP contribution in [0.25, 0.3) is 0 Å². The van der Waals surface area contributed by atoms with Gasteiger partial charge >= 0.3 is 0 Å². The summed E-state index contributed by atoms with van der Waals surface area (Å²) in [5, 5.41) is -0.161. The first-order valence-electron chi connectivity index (χ1n) is 7.55. The number of sulfone groups is 1. The van der Waals surface area contributed by atoms with Crippen LogP contribution in [0.15, 0.2) is 0 Å². The molecule has 1 saturated carbocycles. The molecule has 5 heteroatoms. The normalized spacial score (nSPS) is 26.6. The molecule has 0 spiro atoms. The van der Waals surface area contributed by atoms with Gasteiger partial charge in [-0.25, -0.2) is 8.42 Å². The van der Waals surface area contributed by atoms with Gasteiger partial charge in [-0.3, -0.25) is 0 Å². The quantitative estimate of drug-likeness (QED) is 0.774. The van der Waals surface area contributed by atoms with Crippen LogP contribution in [0.1, 0.15) is 46.0 Å². The zero-order valence-electron chi connectivity index (χ0n) is 12.6. The van der Waals surface area contributed by atoms with Crippen LogP contribution in [-0.2, 0) is 9.84 Å². The van der Waals surface area contributed by atoms with Crippen LogP contribution in [-0.4, -0.2) is 50.5 Å². The fourth-order valence-electron chi connectivity index (χ4n) is 3.07. The standard InChI is InChI=1S/C14H30N2O2S/c1-4-16(5-2)10-9-14(15)12-7-6-8-13(11-12)19(3,17)18/h12-14H,4-11,15H2,1-3H3. The van der Waals surface area contributed by atoms with Crippen molar-refractivity contribution in [3.05, 3.63) is 0 Å². The maximum atomic E-state index is 11.7. The van der Waals surface area contributed by atoms with Gasteiger partial charge in [0.25, 0.3) is 0 Å². The van der Waals surface area contributed by atoms with E-state index in [0.717, 1.165) is 51.7 Å². The van der Waals surface area contributed by atoms with Gasteiger partial charge in [-0.05, 0) is 51.2 Å². The first kappa shape index (κ1) is 16.9. The number of rotatable bonds is 7. The van der Waals surface area contributed by atoms with E-state index in [2.05, 4.69) is 18.7 Å². The van der Waals surface area contributed by atoms with Crippen molar-refractivity contribution < 1.29 is 8.42 Å². The first-order valence-corrected chi connectivity index (χ1v) is 9.50. The van der Waals surface area contributed by atoms with E-state index in [9.17, 15) is 8.42 Å². The first-order chi connectivity index (χ1) is 8.88. The Bertz CT molecular complexity index is 352. The predicted molar refractivity (Wildman–Crippen MR) is 81.0 cm³/mol. The summed E-state index contributed by atoms with van der Waals surface area (Å²) in [6.45, 7) is 7.46. The van der Waals surface area contributed by atoms with Gasteiger partial charge < -0.3 is 10.6 Å². The Kier molecular flexibility index (Phi) is 6.77. The van der Waals surface area contributed by atoms with Gasteiger partial charge in [0, 0.05) is 12.3 Å². The average Bonchev–Trinajstić information content (AvgIpc) is 2.39. The van der Waals surface area contributed by atoms with E-state index in [1.54, 1.807) is 0 Å². The summed E-state index contributed by atoms with van der Waals surface area (Å²) in [5.41, 5.74) is 6.29. The molecule has 0 aromatic heterocycles. The molecule has 0 saturated heterocycles. The Morgan fingerprint density at radius 2 is 1.89 bits per heavy atom. The van der Waals surface area contributed by atoms with Crippen LogP contribution in [0.2, 0.25) is 0 Å². The van der Waals surface area contributed by atoms with Crippen LogP contribution >= 0.6 is 0 Å². The molecule has 3 atom stereocenters. The molecule has 1 fully saturated rings. The van der Waals surface area contributed by atoms with Crippen molar-refractivity contribution in [2.75, 3.05) is 25.9 Å². The zero-order valence-corrected chi connectivity index (χ0v) is 13.5. The monoisotopic (exact) mass is 290 g/mol. The molecular weight excluding hydrogens is 260 g/mol. The van der Waals surface area contributed by atoms with Crippen molar-refractivity contribution in [3.8, 4) is 0 Å². The average molecular weight is 290 g/mol. The van der Waals surface area contributed by atoms with E-state index in [4.69, 9.17) is 5.73 Å². The highest BCUT2D eigenvalue weighted by molar-refractivity contribution is 7.91. The van der Waals surface area contributed by atoms with Crippen LogP contribution in [0, 0.1) is 5.92 Å². The highest BCUT2D eigenvalue weighted by Gasteiger charge is 2.31. The third-order valence-electron chi connectivity index (χ3n) is 4.55. The Balaban J connectivity index is 2.46. The minimum Gasteiger partial charge on any atom is -0.327 e. The summed E-state index contributed by atoms with van der Waals surface area (Å²) < 4.78 is 23.3. The molecule has 4 nitrogen and oxygen atoms in total. The van der Waals surface area contributed by atoms with Gasteiger partial charge in [0.1, 0.15) is 9.84 Å². The van der Waals surface area contributed by atoms with Gasteiger partial charge in [-0.15, -0.1) is 0 Å². The van der Waals surface area contributed by atoms with Gasteiger partial charge in [-0.2, -0.15) is 0 Å². The number of hydrogen-bond acceptors (Lipinski definition) is 4. The molecule has 19 heavy (non-hydrogen) atoms. The molecule has 1 aliphatic rings. The lowest BCUT2D eigenvalue weighted by molar-refractivity contribution is 0.246. The lowest BCUT2D eigenvalue weighted by Crippen LogP contribution is -2.40. The lowest BCUT2D eigenvalue weighted by atomic mass is 9.82. The third kappa shape index (κ3) is 5.40. The second-order valence-electron chi connectivity index (χ2n) is 5.86. The lowest BCUT2D eigenvalue weighted by Gasteiger charge is -2.33. The Morgan fingerprint density at radius 3 is 2.42 bits per heavy atom. The molecule has 0 heterocycles. The smallest absolute Gasteiger partial charge is 0.150 e. The fourth-order valence-corrected chi connectivity index (χ4v) is 4.26. The summed E-state index contributed by atoms with van der Waals surface area (Å²) in [5.74, 6) is 0.379. The van der Waals surface area contributed by atoms with Crippen LogP contribution in [0.3, 0.4) is 0 Å². The summed E-state index contributed by atoms with van der Waals surface area (Å²) in [4.78, 5) is 2.37. The number of hydrogen-bond donors (Lipinski definition) is 1. The van der Waals surface area contributed by atoms with Crippen molar-refractivity contribution in [3.63, 3.8) is 0 Å². The van der Waals surface area contributed by atoms with Gasteiger partial charge in [0.15, 0.2) is 0 Å². The Morgan fingerprint density at radius 1 is 1.26 bits per heavy atom. The molecular formula is C14H30N2O2S. The van der Waals surface area contributed by atoms with E-state index in [0.29, 0.717) is 5.92 Å². The van der Waals surface area contributed by atoms with Crippen LogP contribution in [0.5, 0.6) is 0 Å². The SMILES string of the molecule is CCN(CC)CCC(N)C1CCCC(S(C)(=O)=O)C1.